The van der Waals surface area contributed by atoms with E-state index in [2.05, 4.69) is 0 Å². The summed E-state index contributed by atoms with van der Waals surface area (Å²) in [6, 6.07) is 3.56. The van der Waals surface area contributed by atoms with Crippen molar-refractivity contribution >= 4 is 18.3 Å². The number of rotatable bonds is 3. The number of halogens is 3. The Labute approximate surface area is 117 Å². The standard InChI is InChI=1S/C13H16F2N2O.ClH/c14-11-2-1-9(5-12(11)15)6-13(18)17-4-3-10(7-16)8-17;/h1-2,5,10H,3-4,6-8,16H2;1H. The first-order valence-corrected chi connectivity index (χ1v) is 6.02. The Balaban J connectivity index is 0.00000180. The number of nitrogens with zero attached hydrogens (tertiary/aromatic N) is 1. The predicted octanol–water partition coefficient (Wildman–Crippen LogP) is 1.74. The van der Waals surface area contributed by atoms with Crippen molar-refractivity contribution in [3.05, 3.63) is 35.4 Å². The fourth-order valence-electron chi connectivity index (χ4n) is 2.19. The first-order chi connectivity index (χ1) is 8.60. The first-order valence-electron chi connectivity index (χ1n) is 6.02. The fraction of sp³-hybridized carbons (Fsp3) is 0.462. The summed E-state index contributed by atoms with van der Waals surface area (Å²) in [5.41, 5.74) is 6.05. The lowest BCUT2D eigenvalue weighted by atomic mass is 10.1. The molecule has 1 aliphatic heterocycles. The van der Waals surface area contributed by atoms with Gasteiger partial charge in [0.15, 0.2) is 11.6 Å². The molecule has 0 radical (unpaired) electrons. The molecule has 1 unspecified atom stereocenters. The lowest BCUT2D eigenvalue weighted by Crippen LogP contribution is -2.31. The van der Waals surface area contributed by atoms with Gasteiger partial charge >= 0.3 is 0 Å². The summed E-state index contributed by atoms with van der Waals surface area (Å²) in [5, 5.41) is 0. The number of benzene rings is 1. The minimum Gasteiger partial charge on any atom is -0.342 e. The Hall–Kier alpha value is -1.20. The maximum atomic E-state index is 13.0. The van der Waals surface area contributed by atoms with Gasteiger partial charge in [0.2, 0.25) is 5.91 Å². The van der Waals surface area contributed by atoms with Crippen LogP contribution in [0.15, 0.2) is 18.2 Å². The first kappa shape index (κ1) is 15.9. The lowest BCUT2D eigenvalue weighted by Gasteiger charge is -2.16. The molecule has 0 spiro atoms. The van der Waals surface area contributed by atoms with Crippen molar-refractivity contribution < 1.29 is 13.6 Å². The van der Waals surface area contributed by atoms with Crippen LogP contribution in [-0.2, 0) is 11.2 Å². The summed E-state index contributed by atoms with van der Waals surface area (Å²) in [4.78, 5) is 13.7. The van der Waals surface area contributed by atoms with E-state index in [1.54, 1.807) is 4.90 Å². The van der Waals surface area contributed by atoms with Gasteiger partial charge in [0.1, 0.15) is 0 Å². The third kappa shape index (κ3) is 3.88. The zero-order valence-corrected chi connectivity index (χ0v) is 11.3. The summed E-state index contributed by atoms with van der Waals surface area (Å²) in [6.07, 6.45) is 1.02. The molecule has 0 aromatic heterocycles. The predicted molar refractivity (Wildman–Crippen MR) is 71.1 cm³/mol. The summed E-state index contributed by atoms with van der Waals surface area (Å²) in [6.45, 7) is 1.94. The zero-order valence-electron chi connectivity index (χ0n) is 10.4. The molecule has 1 aromatic rings. The Morgan fingerprint density at radius 1 is 1.37 bits per heavy atom. The van der Waals surface area contributed by atoms with Gasteiger partial charge in [-0.1, -0.05) is 6.07 Å². The van der Waals surface area contributed by atoms with Crippen molar-refractivity contribution in [1.82, 2.24) is 4.90 Å². The van der Waals surface area contributed by atoms with Crippen LogP contribution in [0.3, 0.4) is 0 Å². The number of amides is 1. The molecule has 6 heteroatoms. The van der Waals surface area contributed by atoms with Crippen molar-refractivity contribution in [2.24, 2.45) is 11.7 Å². The van der Waals surface area contributed by atoms with Crippen molar-refractivity contribution in [1.29, 1.82) is 0 Å². The molecular formula is C13H17ClF2N2O. The van der Waals surface area contributed by atoms with E-state index in [0.717, 1.165) is 18.6 Å². The molecule has 1 saturated heterocycles. The minimum atomic E-state index is -0.915. The van der Waals surface area contributed by atoms with Gasteiger partial charge in [0, 0.05) is 13.1 Å². The lowest BCUT2D eigenvalue weighted by molar-refractivity contribution is -0.129. The van der Waals surface area contributed by atoms with E-state index >= 15 is 0 Å². The van der Waals surface area contributed by atoms with E-state index in [9.17, 15) is 13.6 Å². The van der Waals surface area contributed by atoms with Crippen LogP contribution in [0.25, 0.3) is 0 Å². The molecule has 106 valence electrons. The molecule has 1 fully saturated rings. The number of carbonyl (C=O) groups is 1. The molecule has 2 rings (SSSR count). The Bertz CT molecular complexity index is 456. The van der Waals surface area contributed by atoms with E-state index in [0.29, 0.717) is 31.1 Å². The summed E-state index contributed by atoms with van der Waals surface area (Å²) in [7, 11) is 0. The molecule has 1 aliphatic rings. The normalized spacial score (nSPS) is 18.3. The van der Waals surface area contributed by atoms with Crippen LogP contribution in [0.5, 0.6) is 0 Å². The van der Waals surface area contributed by atoms with Crippen LogP contribution < -0.4 is 5.73 Å². The van der Waals surface area contributed by atoms with Gasteiger partial charge in [0.05, 0.1) is 6.42 Å². The Morgan fingerprint density at radius 3 is 2.68 bits per heavy atom. The molecule has 1 amide bonds. The zero-order chi connectivity index (χ0) is 13.1. The van der Waals surface area contributed by atoms with E-state index in [4.69, 9.17) is 5.73 Å². The highest BCUT2D eigenvalue weighted by Gasteiger charge is 2.25. The Kier molecular flexibility index (Phi) is 5.69. The van der Waals surface area contributed by atoms with Gasteiger partial charge in [-0.05, 0) is 36.6 Å². The second kappa shape index (κ2) is 6.82. The van der Waals surface area contributed by atoms with Gasteiger partial charge < -0.3 is 10.6 Å². The SMILES string of the molecule is Cl.NCC1CCN(C(=O)Cc2ccc(F)c(F)c2)C1. The molecule has 0 saturated carbocycles. The van der Waals surface area contributed by atoms with Gasteiger partial charge in [-0.25, -0.2) is 8.78 Å². The minimum absolute atomic E-state index is 0. The highest BCUT2D eigenvalue weighted by molar-refractivity contribution is 5.85. The summed E-state index contributed by atoms with van der Waals surface area (Å²) >= 11 is 0. The number of hydrogen-bond donors (Lipinski definition) is 1. The maximum absolute atomic E-state index is 13.0. The Morgan fingerprint density at radius 2 is 2.11 bits per heavy atom. The van der Waals surface area contributed by atoms with Crippen LogP contribution in [0.1, 0.15) is 12.0 Å². The fourth-order valence-corrected chi connectivity index (χ4v) is 2.19. The molecule has 1 aromatic carbocycles. The van der Waals surface area contributed by atoms with Crippen LogP contribution >= 0.6 is 12.4 Å². The van der Waals surface area contributed by atoms with Crippen molar-refractivity contribution in [2.75, 3.05) is 19.6 Å². The van der Waals surface area contributed by atoms with Gasteiger partial charge in [-0.3, -0.25) is 4.79 Å². The molecule has 2 N–H and O–H groups in total. The molecule has 1 heterocycles. The molecule has 1 atom stereocenters. The van der Waals surface area contributed by atoms with Crippen molar-refractivity contribution in [2.45, 2.75) is 12.8 Å². The average Bonchev–Trinajstić information content (AvgIpc) is 2.82. The highest BCUT2D eigenvalue weighted by atomic mass is 35.5. The molecule has 0 bridgehead atoms. The molecular weight excluding hydrogens is 274 g/mol. The largest absolute Gasteiger partial charge is 0.342 e. The van der Waals surface area contributed by atoms with Gasteiger partial charge in [-0.2, -0.15) is 0 Å². The second-order valence-corrected chi connectivity index (χ2v) is 4.66. The number of carbonyl (C=O) groups excluding carboxylic acids is 1. The van der Waals surface area contributed by atoms with Gasteiger partial charge in [-0.15, -0.1) is 12.4 Å². The van der Waals surface area contributed by atoms with Crippen molar-refractivity contribution in [3.8, 4) is 0 Å². The second-order valence-electron chi connectivity index (χ2n) is 4.66. The molecule has 0 aliphatic carbocycles. The van der Waals surface area contributed by atoms with Crippen LogP contribution in [0.4, 0.5) is 8.78 Å². The van der Waals surface area contributed by atoms with Crippen molar-refractivity contribution in [3.63, 3.8) is 0 Å². The molecule has 3 nitrogen and oxygen atoms in total. The summed E-state index contributed by atoms with van der Waals surface area (Å²) in [5.74, 6) is -1.51. The molecule has 19 heavy (non-hydrogen) atoms. The van der Waals surface area contributed by atoms with E-state index in [1.807, 2.05) is 0 Å². The summed E-state index contributed by atoms with van der Waals surface area (Å²) < 4.78 is 25.8. The van der Waals surface area contributed by atoms with Gasteiger partial charge in [0.25, 0.3) is 0 Å². The van der Waals surface area contributed by atoms with E-state index in [-0.39, 0.29) is 24.7 Å². The topological polar surface area (TPSA) is 46.3 Å². The van der Waals surface area contributed by atoms with E-state index < -0.39 is 11.6 Å². The van der Waals surface area contributed by atoms with Crippen LogP contribution in [0, 0.1) is 17.6 Å². The number of hydrogen-bond acceptors (Lipinski definition) is 2. The van der Waals surface area contributed by atoms with Crippen LogP contribution in [-0.4, -0.2) is 30.4 Å². The quantitative estimate of drug-likeness (QED) is 0.922. The number of nitrogens with two attached hydrogens (primary N) is 1. The third-order valence-corrected chi connectivity index (χ3v) is 3.31. The smallest absolute Gasteiger partial charge is 0.227 e. The van der Waals surface area contributed by atoms with Crippen LogP contribution in [0.2, 0.25) is 0 Å². The number of likely N-dealkylation sites (tertiary alicyclic amines) is 1. The third-order valence-electron chi connectivity index (χ3n) is 3.31. The highest BCUT2D eigenvalue weighted by Crippen LogP contribution is 2.17. The average molecular weight is 291 g/mol. The monoisotopic (exact) mass is 290 g/mol. The van der Waals surface area contributed by atoms with E-state index in [1.165, 1.54) is 6.07 Å². The maximum Gasteiger partial charge on any atom is 0.227 e.